The fraction of sp³-hybridized carbons (Fsp3) is 1.00. The number of aliphatic hydroxyl groups excluding tert-OH is 1. The van der Waals surface area contributed by atoms with Crippen LogP contribution in [0.1, 0.15) is 13.3 Å². The van der Waals surface area contributed by atoms with Crippen molar-refractivity contribution in [2.45, 2.75) is 19.6 Å². The lowest BCUT2D eigenvalue weighted by Gasteiger charge is -2.08. The Labute approximate surface area is 49.2 Å². The van der Waals surface area contributed by atoms with E-state index in [0.29, 0.717) is 6.42 Å². The quantitative estimate of drug-likeness (QED) is 0.377. The van der Waals surface area contributed by atoms with Crippen LogP contribution in [0.3, 0.4) is 0 Å². The van der Waals surface area contributed by atoms with E-state index in [4.69, 9.17) is 15.5 Å². The van der Waals surface area contributed by atoms with E-state index in [1.807, 2.05) is 0 Å². The van der Waals surface area contributed by atoms with Crippen LogP contribution in [0, 0.1) is 0 Å². The van der Waals surface area contributed by atoms with E-state index in [0.717, 1.165) is 0 Å². The van der Waals surface area contributed by atoms with Gasteiger partial charge in [0.1, 0.15) is 0 Å². The molecule has 0 radical (unpaired) electrons. The van der Waals surface area contributed by atoms with Crippen LogP contribution in [0.2, 0.25) is 0 Å². The van der Waals surface area contributed by atoms with Crippen molar-refractivity contribution in [1.29, 1.82) is 0 Å². The number of aliphatic hydroxyl groups is 1. The highest BCUT2D eigenvalue weighted by Crippen LogP contribution is 2.21. The molecule has 50 valence electrons. The molecule has 4 N–H and O–H groups in total. The molecule has 0 aliphatic carbocycles. The second kappa shape index (κ2) is 4.18. The first-order valence-electron chi connectivity index (χ1n) is 2.25. The molecule has 0 aliphatic heterocycles. The first-order valence-corrected chi connectivity index (χ1v) is 3.53. The average molecular weight is 139 g/mol. The molecule has 0 saturated heterocycles. The second-order valence-corrected chi connectivity index (χ2v) is 2.09. The van der Waals surface area contributed by atoms with Gasteiger partial charge in [0, 0.05) is 0 Å². The zero-order valence-electron chi connectivity index (χ0n) is 4.61. The predicted molar refractivity (Wildman–Crippen MR) is 30.7 cm³/mol. The third kappa shape index (κ3) is 4.43. The molecule has 0 amide bonds. The van der Waals surface area contributed by atoms with Gasteiger partial charge in [0.05, 0.1) is 0 Å². The minimum Gasteiger partial charge on any atom is -0.368 e. The van der Waals surface area contributed by atoms with Crippen LogP contribution in [0.15, 0.2) is 0 Å². The summed E-state index contributed by atoms with van der Waals surface area (Å²) in [6.45, 7) is 1.73. The average Bonchev–Trinajstić information content (AvgIpc) is 1.65. The first-order chi connectivity index (χ1) is 3.66. The molecule has 2 atom stereocenters. The predicted octanol–water partition coefficient (Wildman–Crippen LogP) is -0.0907. The Hall–Kier alpha value is 0.270. The Balaban J connectivity index is 3.10. The molecule has 4 nitrogen and oxygen atoms in total. The summed E-state index contributed by atoms with van der Waals surface area (Å²) in [4.78, 5) is 8.31. The van der Waals surface area contributed by atoms with Gasteiger partial charge in [-0.3, -0.25) is 10.0 Å². The van der Waals surface area contributed by atoms with Crippen LogP contribution in [0.5, 0.6) is 0 Å². The lowest BCUT2D eigenvalue weighted by Crippen LogP contribution is -2.08. The van der Waals surface area contributed by atoms with Crippen LogP contribution < -0.4 is 5.50 Å². The molecule has 0 aliphatic rings. The third-order valence-electron chi connectivity index (χ3n) is 0.579. The van der Waals surface area contributed by atoms with Crippen molar-refractivity contribution in [3.05, 3.63) is 0 Å². The number of nitrogens with two attached hydrogens (primary N) is 1. The fourth-order valence-electron chi connectivity index (χ4n) is 0.199. The van der Waals surface area contributed by atoms with Gasteiger partial charge in [-0.25, -0.2) is 0 Å². The Bertz CT molecular complexity index is 60.5. The Kier molecular flexibility index (Phi) is 4.32. The van der Waals surface area contributed by atoms with Crippen molar-refractivity contribution < 1.29 is 14.5 Å². The lowest BCUT2D eigenvalue weighted by atomic mass is 10.5. The molecule has 5 heteroatoms. The van der Waals surface area contributed by atoms with Gasteiger partial charge in [-0.1, -0.05) is 6.92 Å². The second-order valence-electron chi connectivity index (χ2n) is 1.27. The summed E-state index contributed by atoms with van der Waals surface area (Å²) in [5, 5.41) is 8.58. The normalized spacial score (nSPS) is 18.0. The van der Waals surface area contributed by atoms with Crippen molar-refractivity contribution >= 4 is 8.53 Å². The minimum atomic E-state index is -1.90. The third-order valence-corrected chi connectivity index (χ3v) is 1.04. The van der Waals surface area contributed by atoms with Gasteiger partial charge in [-0.2, -0.15) is 0 Å². The van der Waals surface area contributed by atoms with Gasteiger partial charge in [0.15, 0.2) is 6.29 Å². The summed E-state index contributed by atoms with van der Waals surface area (Å²) in [6, 6.07) is 0. The summed E-state index contributed by atoms with van der Waals surface area (Å²) in [5.74, 6) is 0. The van der Waals surface area contributed by atoms with Crippen LogP contribution in [-0.2, 0) is 4.52 Å². The molecule has 0 rings (SSSR count). The topological polar surface area (TPSA) is 75.7 Å². The van der Waals surface area contributed by atoms with Gasteiger partial charge in [-0.05, 0) is 6.42 Å². The van der Waals surface area contributed by atoms with Crippen molar-refractivity contribution in [1.82, 2.24) is 0 Å². The SMILES string of the molecule is CCC(O)OP(N)O. The van der Waals surface area contributed by atoms with E-state index in [2.05, 4.69) is 4.52 Å². The molecule has 8 heavy (non-hydrogen) atoms. The highest BCUT2D eigenvalue weighted by molar-refractivity contribution is 7.43. The zero-order chi connectivity index (χ0) is 6.57. The molecule has 2 unspecified atom stereocenters. The molecule has 0 fully saturated rings. The van der Waals surface area contributed by atoms with E-state index in [-0.39, 0.29) is 0 Å². The maximum Gasteiger partial charge on any atom is 0.252 e. The van der Waals surface area contributed by atoms with Gasteiger partial charge in [-0.15, -0.1) is 0 Å². The molecule has 0 heterocycles. The molecule has 0 aromatic rings. The van der Waals surface area contributed by atoms with Crippen molar-refractivity contribution in [2.75, 3.05) is 0 Å². The number of rotatable bonds is 3. The zero-order valence-corrected chi connectivity index (χ0v) is 5.51. The summed E-state index contributed by atoms with van der Waals surface area (Å²) in [5.41, 5.74) is 4.81. The molecule has 0 bridgehead atoms. The lowest BCUT2D eigenvalue weighted by molar-refractivity contribution is -0.0174. The Morgan fingerprint density at radius 2 is 2.38 bits per heavy atom. The van der Waals surface area contributed by atoms with E-state index in [9.17, 15) is 0 Å². The van der Waals surface area contributed by atoms with E-state index in [1.54, 1.807) is 6.92 Å². The number of hydrogen-bond donors (Lipinski definition) is 3. The fourth-order valence-corrected chi connectivity index (χ4v) is 0.598. The monoisotopic (exact) mass is 139 g/mol. The van der Waals surface area contributed by atoms with E-state index in [1.165, 1.54) is 0 Å². The summed E-state index contributed by atoms with van der Waals surface area (Å²) >= 11 is 0. The molecule has 0 spiro atoms. The van der Waals surface area contributed by atoms with Gasteiger partial charge < -0.3 is 10.00 Å². The Morgan fingerprint density at radius 3 is 2.50 bits per heavy atom. The maximum atomic E-state index is 8.58. The van der Waals surface area contributed by atoms with Crippen LogP contribution in [-0.4, -0.2) is 16.3 Å². The van der Waals surface area contributed by atoms with Crippen LogP contribution in [0.4, 0.5) is 0 Å². The summed E-state index contributed by atoms with van der Waals surface area (Å²) in [6.07, 6.45) is -0.479. The largest absolute Gasteiger partial charge is 0.368 e. The van der Waals surface area contributed by atoms with E-state index >= 15 is 0 Å². The molecule has 0 aromatic heterocycles. The highest BCUT2D eigenvalue weighted by Gasteiger charge is 2.03. The minimum absolute atomic E-state index is 0.441. The number of hydrogen-bond acceptors (Lipinski definition) is 4. The molecular weight excluding hydrogens is 129 g/mol. The molecule has 0 aromatic carbocycles. The molecular formula is C3H10NO3P. The van der Waals surface area contributed by atoms with Crippen LogP contribution >= 0.6 is 8.53 Å². The highest BCUT2D eigenvalue weighted by atomic mass is 31.2. The molecule has 0 saturated carbocycles. The van der Waals surface area contributed by atoms with Gasteiger partial charge >= 0.3 is 0 Å². The summed E-state index contributed by atoms with van der Waals surface area (Å²) < 4.78 is 4.35. The van der Waals surface area contributed by atoms with Crippen LogP contribution in [0.25, 0.3) is 0 Å². The van der Waals surface area contributed by atoms with Gasteiger partial charge in [0.25, 0.3) is 8.53 Å². The Morgan fingerprint density at radius 1 is 1.88 bits per heavy atom. The standard InChI is InChI=1S/C3H10NO3P/c1-2-3(5)7-8(4)6/h3,5-6H,2,4H2,1H3. The maximum absolute atomic E-state index is 8.58. The van der Waals surface area contributed by atoms with Crippen molar-refractivity contribution in [3.63, 3.8) is 0 Å². The van der Waals surface area contributed by atoms with Crippen molar-refractivity contribution in [3.8, 4) is 0 Å². The summed E-state index contributed by atoms with van der Waals surface area (Å²) in [7, 11) is -1.90. The van der Waals surface area contributed by atoms with Crippen molar-refractivity contribution in [2.24, 2.45) is 5.50 Å². The smallest absolute Gasteiger partial charge is 0.252 e. The van der Waals surface area contributed by atoms with Gasteiger partial charge in [0.2, 0.25) is 0 Å². The van der Waals surface area contributed by atoms with E-state index < -0.39 is 14.8 Å². The first kappa shape index (κ1) is 8.27.